The highest BCUT2D eigenvalue weighted by Gasteiger charge is 2.31. The van der Waals surface area contributed by atoms with Crippen LogP contribution in [0.5, 0.6) is 0 Å². The van der Waals surface area contributed by atoms with Gasteiger partial charge in [0.05, 0.1) is 19.0 Å². The van der Waals surface area contributed by atoms with Crippen LogP contribution in [-0.4, -0.2) is 58.0 Å². The first kappa shape index (κ1) is 23.7. The lowest BCUT2D eigenvalue weighted by Crippen LogP contribution is -2.43. The van der Waals surface area contributed by atoms with Crippen molar-refractivity contribution in [3.05, 3.63) is 65.5 Å². The summed E-state index contributed by atoms with van der Waals surface area (Å²) in [6, 6.07) is 14.1. The molecule has 2 aromatic rings. The molecule has 2 fully saturated rings. The summed E-state index contributed by atoms with van der Waals surface area (Å²) >= 11 is 0. The van der Waals surface area contributed by atoms with Gasteiger partial charge < -0.3 is 15.0 Å². The normalized spacial score (nSPS) is 18.3. The lowest BCUT2D eigenvalue weighted by Gasteiger charge is -2.30. The second-order valence-corrected chi connectivity index (χ2v) is 10.5. The van der Waals surface area contributed by atoms with Gasteiger partial charge in [-0.15, -0.1) is 0 Å². The molecule has 2 aliphatic heterocycles. The first-order valence-electron chi connectivity index (χ1n) is 11.3. The molecule has 0 atom stereocenters. The van der Waals surface area contributed by atoms with Crippen LogP contribution >= 0.6 is 0 Å². The van der Waals surface area contributed by atoms with Gasteiger partial charge in [0.15, 0.2) is 0 Å². The van der Waals surface area contributed by atoms with E-state index in [4.69, 9.17) is 4.74 Å². The number of halogens is 1. The first-order valence-corrected chi connectivity index (χ1v) is 12.9. The van der Waals surface area contributed by atoms with Crippen LogP contribution in [0.25, 0.3) is 0 Å². The van der Waals surface area contributed by atoms with E-state index in [0.717, 1.165) is 37.6 Å². The van der Waals surface area contributed by atoms with Gasteiger partial charge in [0.2, 0.25) is 15.9 Å². The number of benzene rings is 2. The largest absolute Gasteiger partial charge is 0.378 e. The summed E-state index contributed by atoms with van der Waals surface area (Å²) in [7, 11) is -3.63. The molecule has 2 saturated heterocycles. The highest BCUT2D eigenvalue weighted by Crippen LogP contribution is 2.23. The van der Waals surface area contributed by atoms with Crippen LogP contribution in [0, 0.1) is 11.7 Å². The number of nitrogens with one attached hydrogen (secondary N) is 1. The zero-order valence-corrected chi connectivity index (χ0v) is 19.4. The van der Waals surface area contributed by atoms with Crippen LogP contribution in [-0.2, 0) is 31.9 Å². The topological polar surface area (TPSA) is 79.0 Å². The Hall–Kier alpha value is -2.49. The van der Waals surface area contributed by atoms with Gasteiger partial charge in [0.1, 0.15) is 5.82 Å². The summed E-state index contributed by atoms with van der Waals surface area (Å²) in [4.78, 5) is 14.9. The molecule has 0 aromatic heterocycles. The number of rotatable bonds is 7. The molecule has 0 saturated carbocycles. The average Bonchev–Trinajstić information content (AvgIpc) is 2.85. The Kier molecular flexibility index (Phi) is 7.62. The van der Waals surface area contributed by atoms with Gasteiger partial charge in [0, 0.05) is 49.9 Å². The molecule has 0 spiro atoms. The minimum atomic E-state index is -3.63. The predicted molar refractivity (Wildman–Crippen MR) is 125 cm³/mol. The van der Waals surface area contributed by atoms with E-state index < -0.39 is 15.8 Å². The molecule has 4 rings (SSSR count). The molecule has 1 amide bonds. The number of ether oxygens (including phenoxy) is 1. The zero-order valence-electron chi connectivity index (χ0n) is 18.6. The first-order chi connectivity index (χ1) is 15.9. The molecule has 9 heteroatoms. The Morgan fingerprint density at radius 3 is 2.33 bits per heavy atom. The van der Waals surface area contributed by atoms with Crippen molar-refractivity contribution in [1.29, 1.82) is 0 Å². The number of hydrogen-bond acceptors (Lipinski definition) is 5. The van der Waals surface area contributed by atoms with E-state index in [1.165, 1.54) is 22.5 Å². The molecule has 178 valence electrons. The minimum absolute atomic E-state index is 0.0570. The van der Waals surface area contributed by atoms with Crippen LogP contribution in [0.1, 0.15) is 24.0 Å². The lowest BCUT2D eigenvalue weighted by molar-refractivity contribution is -0.126. The molecule has 33 heavy (non-hydrogen) atoms. The monoisotopic (exact) mass is 475 g/mol. The number of sulfonamides is 1. The van der Waals surface area contributed by atoms with Crippen molar-refractivity contribution in [2.45, 2.75) is 25.1 Å². The van der Waals surface area contributed by atoms with E-state index in [1.807, 2.05) is 12.1 Å². The number of carbonyl (C=O) groups excluding carboxylic acids is 1. The van der Waals surface area contributed by atoms with Crippen molar-refractivity contribution in [2.24, 2.45) is 5.92 Å². The Labute approximate surface area is 194 Å². The van der Waals surface area contributed by atoms with E-state index in [2.05, 4.69) is 22.3 Å². The van der Waals surface area contributed by atoms with Gasteiger partial charge >= 0.3 is 0 Å². The van der Waals surface area contributed by atoms with Crippen LogP contribution in [0.15, 0.2) is 48.5 Å². The lowest BCUT2D eigenvalue weighted by atomic mass is 9.97. The number of anilines is 1. The molecule has 0 radical (unpaired) electrons. The van der Waals surface area contributed by atoms with Crippen molar-refractivity contribution in [3.63, 3.8) is 0 Å². The Balaban J connectivity index is 1.24. The van der Waals surface area contributed by atoms with Gasteiger partial charge in [0.25, 0.3) is 0 Å². The van der Waals surface area contributed by atoms with Gasteiger partial charge in [-0.2, -0.15) is 0 Å². The molecule has 0 aliphatic carbocycles. The SMILES string of the molecule is O=C(NCc1ccc(N2CCOCC2)cc1)C1CCN(S(=O)(=O)Cc2ccccc2F)CC1. The van der Waals surface area contributed by atoms with Gasteiger partial charge in [-0.3, -0.25) is 4.79 Å². The second kappa shape index (κ2) is 10.6. The van der Waals surface area contributed by atoms with Crippen LogP contribution in [0.4, 0.5) is 10.1 Å². The highest BCUT2D eigenvalue weighted by molar-refractivity contribution is 7.88. The number of carbonyl (C=O) groups is 1. The minimum Gasteiger partial charge on any atom is -0.378 e. The standard InChI is InChI=1S/C24H30FN3O4S/c25-23-4-2-1-3-21(23)18-33(30,31)28-11-9-20(10-12-28)24(29)26-17-19-5-7-22(8-6-19)27-13-15-32-16-14-27/h1-8,20H,9-18H2,(H,26,29). The third-order valence-electron chi connectivity index (χ3n) is 6.29. The van der Waals surface area contributed by atoms with E-state index in [-0.39, 0.29) is 36.2 Å². The summed E-state index contributed by atoms with van der Waals surface area (Å²) in [5.74, 6) is -1.17. The zero-order chi connectivity index (χ0) is 23.3. The maximum Gasteiger partial charge on any atom is 0.223 e. The van der Waals surface area contributed by atoms with Crippen LogP contribution in [0.2, 0.25) is 0 Å². The summed E-state index contributed by atoms with van der Waals surface area (Å²) in [6.07, 6.45) is 0.913. The van der Waals surface area contributed by atoms with E-state index in [9.17, 15) is 17.6 Å². The van der Waals surface area contributed by atoms with Gasteiger partial charge in [-0.05, 0) is 36.6 Å². The van der Waals surface area contributed by atoms with Crippen molar-refractivity contribution >= 4 is 21.6 Å². The number of hydrogen-bond donors (Lipinski definition) is 1. The smallest absolute Gasteiger partial charge is 0.223 e. The molecule has 2 aromatic carbocycles. The molecule has 0 unspecified atom stereocenters. The third-order valence-corrected chi connectivity index (χ3v) is 8.12. The Morgan fingerprint density at radius 2 is 1.67 bits per heavy atom. The maximum atomic E-state index is 13.9. The maximum absolute atomic E-state index is 13.9. The number of nitrogens with zero attached hydrogens (tertiary/aromatic N) is 2. The van der Waals surface area contributed by atoms with E-state index in [0.29, 0.717) is 19.4 Å². The fourth-order valence-electron chi connectivity index (χ4n) is 4.28. The van der Waals surface area contributed by atoms with Crippen LogP contribution < -0.4 is 10.2 Å². The van der Waals surface area contributed by atoms with Crippen LogP contribution in [0.3, 0.4) is 0 Å². The quantitative estimate of drug-likeness (QED) is 0.666. The summed E-state index contributed by atoms with van der Waals surface area (Å²) < 4.78 is 46.0. The van der Waals surface area contributed by atoms with E-state index in [1.54, 1.807) is 6.07 Å². The average molecular weight is 476 g/mol. The van der Waals surface area contributed by atoms with Crippen molar-refractivity contribution in [3.8, 4) is 0 Å². The fraction of sp³-hybridized carbons (Fsp3) is 0.458. The molecule has 0 bridgehead atoms. The predicted octanol–water partition coefficient (Wildman–Crippen LogP) is 2.52. The van der Waals surface area contributed by atoms with Crippen molar-refractivity contribution < 1.29 is 22.3 Å². The Bertz CT molecular complexity index is 1050. The summed E-state index contributed by atoms with van der Waals surface area (Å²) in [5, 5.41) is 2.98. The third kappa shape index (κ3) is 6.10. The number of amides is 1. The summed E-state index contributed by atoms with van der Waals surface area (Å²) in [5.41, 5.74) is 2.33. The molecule has 1 N–H and O–H groups in total. The number of morpholine rings is 1. The Morgan fingerprint density at radius 1 is 1.00 bits per heavy atom. The van der Waals surface area contributed by atoms with Crippen molar-refractivity contribution in [2.75, 3.05) is 44.3 Å². The fourth-order valence-corrected chi connectivity index (χ4v) is 5.86. The van der Waals surface area contributed by atoms with Gasteiger partial charge in [-0.1, -0.05) is 30.3 Å². The van der Waals surface area contributed by atoms with E-state index >= 15 is 0 Å². The molecule has 2 aliphatic rings. The highest BCUT2D eigenvalue weighted by atomic mass is 32.2. The second-order valence-electron chi connectivity index (χ2n) is 8.50. The molecular formula is C24H30FN3O4S. The van der Waals surface area contributed by atoms with Gasteiger partial charge in [-0.25, -0.2) is 17.1 Å². The molecular weight excluding hydrogens is 445 g/mol. The molecule has 2 heterocycles. The molecule has 7 nitrogen and oxygen atoms in total. The van der Waals surface area contributed by atoms with Crippen molar-refractivity contribution in [1.82, 2.24) is 9.62 Å². The number of piperidine rings is 1. The summed E-state index contributed by atoms with van der Waals surface area (Å²) in [6.45, 7) is 4.21.